The third kappa shape index (κ3) is 5.54. The average molecular weight is 540 g/mol. The first-order valence-electron chi connectivity index (χ1n) is 12.0. The van der Waals surface area contributed by atoms with Gasteiger partial charge >= 0.3 is 12.1 Å². The number of amides is 2. The van der Waals surface area contributed by atoms with E-state index in [1.165, 1.54) is 28.9 Å². The van der Waals surface area contributed by atoms with Crippen molar-refractivity contribution < 1.29 is 41.8 Å². The maximum absolute atomic E-state index is 13.6. The van der Waals surface area contributed by atoms with Crippen molar-refractivity contribution in [1.29, 1.82) is 0 Å². The van der Waals surface area contributed by atoms with Crippen LogP contribution in [-0.2, 0) is 20.7 Å². The molecule has 2 aliphatic heterocycles. The van der Waals surface area contributed by atoms with Gasteiger partial charge in [0.05, 0.1) is 25.9 Å². The molecular formula is C24H28F3N5O6. The number of methoxy groups -OCH3 is 1. The summed E-state index contributed by atoms with van der Waals surface area (Å²) in [5.41, 5.74) is 1.49. The van der Waals surface area contributed by atoms with E-state index in [4.69, 9.17) is 9.47 Å². The molecule has 0 spiro atoms. The number of fused-ring (bicyclic) bond motifs is 1. The lowest BCUT2D eigenvalue weighted by atomic mass is 10.1. The second kappa shape index (κ2) is 10.9. The molecule has 2 aromatic rings. The first-order chi connectivity index (χ1) is 18.0. The Labute approximate surface area is 216 Å². The molecule has 14 heteroatoms. The van der Waals surface area contributed by atoms with Crippen molar-refractivity contribution in [3.8, 4) is 17.3 Å². The lowest BCUT2D eigenvalue weighted by molar-refractivity contribution is -0.204. The van der Waals surface area contributed by atoms with Crippen molar-refractivity contribution in [1.82, 2.24) is 24.7 Å². The number of carbonyl (C=O) groups is 3. The highest BCUT2D eigenvalue weighted by Crippen LogP contribution is 2.31. The van der Waals surface area contributed by atoms with Gasteiger partial charge in [-0.1, -0.05) is 0 Å². The van der Waals surface area contributed by atoms with E-state index in [0.29, 0.717) is 35.9 Å². The monoisotopic (exact) mass is 539 g/mol. The number of hydrogen-bond acceptors (Lipinski definition) is 8. The minimum absolute atomic E-state index is 0.0127. The standard InChI is InChI=1S/C24H28F3N5O6/c1-4-37-16-7-5-15(6-8-16)32-20-18(21(28-32)36-3)10-12-31(22(20)34)29(2)19(33)14-30-11-9-17(13-30)38-23(35)24(25,26)27/h5-8,17H,4,9-14H2,1-3H3. The van der Waals surface area contributed by atoms with Crippen molar-refractivity contribution in [3.05, 3.63) is 35.5 Å². The second-order valence-electron chi connectivity index (χ2n) is 8.82. The fourth-order valence-electron chi connectivity index (χ4n) is 4.49. The summed E-state index contributed by atoms with van der Waals surface area (Å²) in [6.45, 7) is 2.68. The molecule has 0 bridgehead atoms. The molecule has 1 atom stereocenters. The van der Waals surface area contributed by atoms with Crippen molar-refractivity contribution >= 4 is 17.8 Å². The minimum atomic E-state index is -5.07. The first-order valence-corrected chi connectivity index (χ1v) is 12.0. The van der Waals surface area contributed by atoms with Crippen LogP contribution >= 0.6 is 0 Å². The third-order valence-electron chi connectivity index (χ3n) is 6.36. The summed E-state index contributed by atoms with van der Waals surface area (Å²) in [6, 6.07) is 7.03. The van der Waals surface area contributed by atoms with Gasteiger partial charge in [-0.2, -0.15) is 13.2 Å². The number of alkyl halides is 3. The number of halogens is 3. The van der Waals surface area contributed by atoms with Gasteiger partial charge in [0, 0.05) is 32.2 Å². The molecule has 11 nitrogen and oxygen atoms in total. The van der Waals surface area contributed by atoms with E-state index in [-0.39, 0.29) is 38.3 Å². The van der Waals surface area contributed by atoms with Crippen LogP contribution in [0.5, 0.6) is 11.6 Å². The zero-order valence-electron chi connectivity index (χ0n) is 21.2. The van der Waals surface area contributed by atoms with E-state index in [0.717, 1.165) is 0 Å². The van der Waals surface area contributed by atoms with Crippen LogP contribution in [0.3, 0.4) is 0 Å². The fraction of sp³-hybridized carbons (Fsp3) is 0.500. The maximum atomic E-state index is 13.6. The summed E-state index contributed by atoms with van der Waals surface area (Å²) >= 11 is 0. The number of nitrogens with zero attached hydrogens (tertiary/aromatic N) is 5. The first kappa shape index (κ1) is 27.2. The van der Waals surface area contributed by atoms with E-state index in [1.807, 2.05) is 6.92 Å². The molecule has 1 saturated heterocycles. The van der Waals surface area contributed by atoms with E-state index in [2.05, 4.69) is 9.84 Å². The number of likely N-dealkylation sites (N-methyl/N-ethyl adjacent to an activating group) is 1. The Bertz CT molecular complexity index is 1200. The summed E-state index contributed by atoms with van der Waals surface area (Å²) in [7, 11) is 2.92. The normalized spacial score (nSPS) is 17.8. The number of benzene rings is 1. The van der Waals surface area contributed by atoms with Gasteiger partial charge in [0.15, 0.2) is 0 Å². The molecule has 2 aliphatic rings. The average Bonchev–Trinajstić information content (AvgIpc) is 3.48. The summed E-state index contributed by atoms with van der Waals surface area (Å²) in [5.74, 6) is -2.16. The number of likely N-dealkylation sites (tertiary alicyclic amines) is 1. The van der Waals surface area contributed by atoms with E-state index >= 15 is 0 Å². The highest BCUT2D eigenvalue weighted by atomic mass is 19.4. The van der Waals surface area contributed by atoms with Gasteiger partial charge < -0.3 is 14.2 Å². The van der Waals surface area contributed by atoms with Gasteiger partial charge in [0.25, 0.3) is 11.8 Å². The van der Waals surface area contributed by atoms with Gasteiger partial charge in [0.2, 0.25) is 5.88 Å². The highest BCUT2D eigenvalue weighted by molar-refractivity contribution is 5.97. The lowest BCUT2D eigenvalue weighted by Crippen LogP contribution is -2.53. The number of hydrazine groups is 1. The molecule has 0 saturated carbocycles. The molecule has 0 N–H and O–H groups in total. The Morgan fingerprint density at radius 1 is 1.18 bits per heavy atom. The molecule has 38 heavy (non-hydrogen) atoms. The summed E-state index contributed by atoms with van der Waals surface area (Å²) in [4.78, 5) is 39.3. The van der Waals surface area contributed by atoms with Crippen molar-refractivity contribution in [2.24, 2.45) is 0 Å². The zero-order chi connectivity index (χ0) is 27.6. The van der Waals surface area contributed by atoms with Crippen LogP contribution in [-0.4, -0.2) is 102 Å². The van der Waals surface area contributed by atoms with Crippen LogP contribution in [0, 0.1) is 0 Å². The smallest absolute Gasteiger partial charge is 0.490 e. The van der Waals surface area contributed by atoms with Crippen molar-refractivity contribution in [2.45, 2.75) is 32.0 Å². The summed E-state index contributed by atoms with van der Waals surface area (Å²) in [5, 5.41) is 6.95. The van der Waals surface area contributed by atoms with Crippen LogP contribution in [0.15, 0.2) is 24.3 Å². The molecule has 206 valence electrons. The second-order valence-corrected chi connectivity index (χ2v) is 8.82. The Morgan fingerprint density at radius 2 is 1.89 bits per heavy atom. The van der Waals surface area contributed by atoms with E-state index < -0.39 is 30.1 Å². The minimum Gasteiger partial charge on any atom is -0.494 e. The van der Waals surface area contributed by atoms with Crippen molar-refractivity contribution in [3.63, 3.8) is 0 Å². The quantitative estimate of drug-likeness (QED) is 0.468. The predicted molar refractivity (Wildman–Crippen MR) is 126 cm³/mol. The van der Waals surface area contributed by atoms with Gasteiger partial charge in [-0.15, -0.1) is 5.10 Å². The molecular weight excluding hydrogens is 511 g/mol. The lowest BCUT2D eigenvalue weighted by Gasteiger charge is -2.35. The molecule has 0 radical (unpaired) electrons. The number of hydrogen-bond donors (Lipinski definition) is 0. The van der Waals surface area contributed by atoms with E-state index in [1.54, 1.807) is 29.2 Å². The van der Waals surface area contributed by atoms with Gasteiger partial charge in [-0.25, -0.2) is 14.5 Å². The molecule has 4 rings (SSSR count). The van der Waals surface area contributed by atoms with Gasteiger partial charge in [-0.3, -0.25) is 19.5 Å². The number of esters is 1. The fourth-order valence-corrected chi connectivity index (χ4v) is 4.49. The molecule has 1 unspecified atom stereocenters. The van der Waals surface area contributed by atoms with Gasteiger partial charge in [-0.05, 0) is 44.0 Å². The van der Waals surface area contributed by atoms with Crippen LogP contribution < -0.4 is 9.47 Å². The number of aromatic nitrogens is 2. The summed E-state index contributed by atoms with van der Waals surface area (Å²) in [6.07, 6.45) is -5.47. The number of carbonyl (C=O) groups excluding carboxylic acids is 3. The number of ether oxygens (including phenoxy) is 3. The SMILES string of the molecule is CCOc1ccc(-n2nc(OC)c3c2C(=O)N(N(C)C(=O)CN2CCC(OC(=O)C(F)(F)F)C2)CC3)cc1. The van der Waals surface area contributed by atoms with Crippen LogP contribution in [0.1, 0.15) is 29.4 Å². The predicted octanol–water partition coefficient (Wildman–Crippen LogP) is 1.83. The summed E-state index contributed by atoms with van der Waals surface area (Å²) < 4.78 is 54.2. The molecule has 0 aliphatic carbocycles. The Kier molecular flexibility index (Phi) is 7.81. The third-order valence-corrected chi connectivity index (χ3v) is 6.36. The molecule has 3 heterocycles. The Balaban J connectivity index is 1.46. The largest absolute Gasteiger partial charge is 0.494 e. The molecule has 1 aromatic carbocycles. The Morgan fingerprint density at radius 3 is 2.53 bits per heavy atom. The van der Waals surface area contributed by atoms with Gasteiger partial charge in [0.1, 0.15) is 17.5 Å². The molecule has 1 fully saturated rings. The van der Waals surface area contributed by atoms with Crippen molar-refractivity contribution in [2.75, 3.05) is 46.9 Å². The van der Waals surface area contributed by atoms with Crippen LogP contribution in [0.4, 0.5) is 13.2 Å². The maximum Gasteiger partial charge on any atom is 0.490 e. The zero-order valence-corrected chi connectivity index (χ0v) is 21.2. The van der Waals surface area contributed by atoms with Crippen LogP contribution in [0.25, 0.3) is 5.69 Å². The van der Waals surface area contributed by atoms with Crippen LogP contribution in [0.2, 0.25) is 0 Å². The number of rotatable bonds is 8. The molecule has 1 aromatic heterocycles. The Hall–Kier alpha value is -3.81. The molecule has 2 amide bonds. The van der Waals surface area contributed by atoms with E-state index in [9.17, 15) is 27.6 Å². The highest BCUT2D eigenvalue weighted by Gasteiger charge is 2.43. The topological polar surface area (TPSA) is 106 Å².